The first-order valence-electron chi connectivity index (χ1n) is 8.72. The van der Waals surface area contributed by atoms with Crippen LogP contribution in [0.4, 0.5) is 24.0 Å². The van der Waals surface area contributed by atoms with Crippen LogP contribution in [0.15, 0.2) is 60.0 Å². The average molecular weight is 467 g/mol. The summed E-state index contributed by atoms with van der Waals surface area (Å²) in [6.07, 6.45) is -2.02. The lowest BCUT2D eigenvalue weighted by Gasteiger charge is -2.19. The molecule has 1 heterocycles. The molecule has 0 unspecified atom stereocenters. The number of amides is 1. The smallest absolute Gasteiger partial charge is 0.416 e. The number of anilines is 2. The Hall–Kier alpha value is -3.17. The van der Waals surface area contributed by atoms with Crippen molar-refractivity contribution in [2.75, 3.05) is 4.90 Å². The number of aromatic nitrogens is 1. The van der Waals surface area contributed by atoms with E-state index in [-0.39, 0.29) is 10.8 Å². The molecule has 0 aliphatic rings. The van der Waals surface area contributed by atoms with Crippen molar-refractivity contribution in [3.8, 4) is 5.75 Å². The summed E-state index contributed by atoms with van der Waals surface area (Å²) in [5, 5.41) is 2.23. The van der Waals surface area contributed by atoms with Gasteiger partial charge in [-0.1, -0.05) is 17.7 Å². The maximum absolute atomic E-state index is 13.0. The summed E-state index contributed by atoms with van der Waals surface area (Å²) in [6.45, 7) is 1.22. The molecule has 31 heavy (non-hydrogen) atoms. The van der Waals surface area contributed by atoms with Crippen LogP contribution >= 0.6 is 22.9 Å². The Morgan fingerprint density at radius 2 is 1.87 bits per heavy atom. The van der Waals surface area contributed by atoms with Crippen molar-refractivity contribution in [1.82, 2.24) is 4.98 Å². The van der Waals surface area contributed by atoms with Gasteiger partial charge < -0.3 is 4.74 Å². The lowest BCUT2D eigenvalue weighted by molar-refractivity contribution is -0.137. The molecule has 0 N–H and O–H groups in total. The number of carbonyl (C=O) groups excluding carboxylic acids is 2. The van der Waals surface area contributed by atoms with Crippen LogP contribution in [0.25, 0.3) is 6.08 Å². The fraction of sp³-hybridized carbons (Fsp3) is 0.0952. The summed E-state index contributed by atoms with van der Waals surface area (Å²) in [5.74, 6) is -0.852. The molecular weight excluding hydrogens is 453 g/mol. The van der Waals surface area contributed by atoms with Gasteiger partial charge in [0.25, 0.3) is 0 Å². The highest BCUT2D eigenvalue weighted by atomic mass is 35.5. The van der Waals surface area contributed by atoms with Crippen LogP contribution in [0.1, 0.15) is 18.2 Å². The van der Waals surface area contributed by atoms with Gasteiger partial charge in [-0.25, -0.2) is 9.78 Å². The molecule has 1 aromatic heterocycles. The van der Waals surface area contributed by atoms with Gasteiger partial charge in [0, 0.05) is 23.4 Å². The Morgan fingerprint density at radius 1 is 1.16 bits per heavy atom. The topological polar surface area (TPSA) is 59.5 Å². The van der Waals surface area contributed by atoms with Gasteiger partial charge in [0.05, 0.1) is 16.9 Å². The third kappa shape index (κ3) is 5.93. The number of thiazole rings is 1. The van der Waals surface area contributed by atoms with E-state index in [0.717, 1.165) is 34.4 Å². The second kappa shape index (κ2) is 9.32. The molecule has 0 radical (unpaired) electrons. The fourth-order valence-corrected chi connectivity index (χ4v) is 3.49. The normalized spacial score (nSPS) is 11.5. The first-order valence-corrected chi connectivity index (χ1v) is 9.98. The van der Waals surface area contributed by atoms with Gasteiger partial charge in [0.15, 0.2) is 5.13 Å². The number of nitrogens with zero attached hydrogens (tertiary/aromatic N) is 2. The van der Waals surface area contributed by atoms with E-state index in [0.29, 0.717) is 16.5 Å². The molecule has 1 amide bonds. The SMILES string of the molecule is CC(=O)N(c1cccc(C(F)(F)F)c1)c1nc(/C=C/C(=O)Oc2ccc(Cl)cc2)cs1. The van der Waals surface area contributed by atoms with Crippen LogP contribution in [0.5, 0.6) is 5.75 Å². The molecule has 0 saturated heterocycles. The van der Waals surface area contributed by atoms with Crippen LogP contribution < -0.4 is 9.64 Å². The second-order valence-electron chi connectivity index (χ2n) is 6.17. The number of halogens is 4. The molecule has 3 aromatic rings. The van der Waals surface area contributed by atoms with E-state index < -0.39 is 23.6 Å². The number of rotatable bonds is 5. The number of esters is 1. The fourth-order valence-electron chi connectivity index (χ4n) is 2.51. The standard InChI is InChI=1S/C21H14ClF3N2O3S/c1-13(28)27(17-4-2-3-14(11-17)21(23,24)25)20-26-16(12-31-20)7-10-19(29)30-18-8-5-15(22)6-9-18/h2-12H,1H3/b10-7+. The molecule has 0 saturated carbocycles. The summed E-state index contributed by atoms with van der Waals surface area (Å²) in [7, 11) is 0. The second-order valence-corrected chi connectivity index (χ2v) is 7.44. The molecule has 0 atom stereocenters. The Bertz CT molecular complexity index is 1130. The van der Waals surface area contributed by atoms with E-state index in [1.54, 1.807) is 17.5 Å². The van der Waals surface area contributed by atoms with E-state index in [4.69, 9.17) is 16.3 Å². The number of ether oxygens (including phenoxy) is 1. The van der Waals surface area contributed by atoms with Crippen LogP contribution in [0, 0.1) is 0 Å². The van der Waals surface area contributed by atoms with E-state index in [2.05, 4.69) is 4.98 Å². The lowest BCUT2D eigenvalue weighted by atomic mass is 10.2. The number of hydrogen-bond acceptors (Lipinski definition) is 5. The minimum atomic E-state index is -4.54. The van der Waals surface area contributed by atoms with Gasteiger partial charge in [-0.05, 0) is 48.5 Å². The van der Waals surface area contributed by atoms with Crippen molar-refractivity contribution in [3.05, 3.63) is 76.3 Å². The molecule has 0 aliphatic carbocycles. The van der Waals surface area contributed by atoms with Crippen molar-refractivity contribution in [1.29, 1.82) is 0 Å². The highest BCUT2D eigenvalue weighted by molar-refractivity contribution is 7.14. The largest absolute Gasteiger partial charge is 0.423 e. The molecular formula is C21H14ClF3N2O3S. The number of hydrogen-bond donors (Lipinski definition) is 0. The zero-order chi connectivity index (χ0) is 22.6. The number of benzene rings is 2. The van der Waals surface area contributed by atoms with Crippen molar-refractivity contribution in [2.45, 2.75) is 13.1 Å². The summed E-state index contributed by atoms with van der Waals surface area (Å²) in [6, 6.07) is 10.6. The van der Waals surface area contributed by atoms with E-state index in [1.165, 1.54) is 37.3 Å². The molecule has 10 heteroatoms. The van der Waals surface area contributed by atoms with Crippen molar-refractivity contribution in [3.63, 3.8) is 0 Å². The maximum Gasteiger partial charge on any atom is 0.416 e. The van der Waals surface area contributed by atoms with Crippen molar-refractivity contribution in [2.24, 2.45) is 0 Å². The van der Waals surface area contributed by atoms with Crippen molar-refractivity contribution >= 4 is 51.7 Å². The predicted octanol–water partition coefficient (Wildman–Crippen LogP) is 6.12. The molecule has 0 spiro atoms. The summed E-state index contributed by atoms with van der Waals surface area (Å²) in [5.41, 5.74) is -0.501. The van der Waals surface area contributed by atoms with Gasteiger partial charge in [0.2, 0.25) is 5.91 Å². The highest BCUT2D eigenvalue weighted by Gasteiger charge is 2.31. The molecule has 5 nitrogen and oxygen atoms in total. The number of carbonyl (C=O) groups is 2. The van der Waals surface area contributed by atoms with Crippen LogP contribution in [-0.2, 0) is 15.8 Å². The molecule has 0 bridgehead atoms. The third-order valence-electron chi connectivity index (χ3n) is 3.87. The zero-order valence-electron chi connectivity index (χ0n) is 15.9. The predicted molar refractivity (Wildman–Crippen MR) is 112 cm³/mol. The molecule has 2 aromatic carbocycles. The third-order valence-corrected chi connectivity index (χ3v) is 4.97. The Balaban J connectivity index is 1.77. The first-order chi connectivity index (χ1) is 14.6. The van der Waals surface area contributed by atoms with Gasteiger partial charge in [-0.15, -0.1) is 11.3 Å². The monoisotopic (exact) mass is 466 g/mol. The molecule has 160 valence electrons. The van der Waals surface area contributed by atoms with E-state index in [1.807, 2.05) is 0 Å². The minimum Gasteiger partial charge on any atom is -0.423 e. The van der Waals surface area contributed by atoms with E-state index >= 15 is 0 Å². The lowest BCUT2D eigenvalue weighted by Crippen LogP contribution is -2.23. The van der Waals surface area contributed by atoms with Crippen molar-refractivity contribution < 1.29 is 27.5 Å². The minimum absolute atomic E-state index is 0.0364. The average Bonchev–Trinajstić information content (AvgIpc) is 3.16. The highest BCUT2D eigenvalue weighted by Crippen LogP contribution is 2.35. The maximum atomic E-state index is 13.0. The summed E-state index contributed by atoms with van der Waals surface area (Å²) < 4.78 is 44.2. The molecule has 0 fully saturated rings. The molecule has 0 aliphatic heterocycles. The Labute approximate surface area is 184 Å². The Morgan fingerprint density at radius 3 is 2.52 bits per heavy atom. The zero-order valence-corrected chi connectivity index (χ0v) is 17.5. The molecule has 3 rings (SSSR count). The van der Waals surface area contributed by atoms with Crippen LogP contribution in [-0.4, -0.2) is 16.9 Å². The van der Waals surface area contributed by atoms with Crippen LogP contribution in [0.2, 0.25) is 5.02 Å². The first kappa shape index (κ1) is 22.5. The number of alkyl halides is 3. The summed E-state index contributed by atoms with van der Waals surface area (Å²) >= 11 is 6.82. The quantitative estimate of drug-likeness (QED) is 0.258. The van der Waals surface area contributed by atoms with Crippen LogP contribution in [0.3, 0.4) is 0 Å². The Kier molecular flexibility index (Phi) is 6.77. The van der Waals surface area contributed by atoms with Gasteiger partial charge in [-0.3, -0.25) is 9.69 Å². The van der Waals surface area contributed by atoms with Gasteiger partial charge in [0.1, 0.15) is 5.75 Å². The summed E-state index contributed by atoms with van der Waals surface area (Å²) in [4.78, 5) is 29.3. The van der Waals surface area contributed by atoms with E-state index in [9.17, 15) is 22.8 Å². The van der Waals surface area contributed by atoms with Gasteiger partial charge >= 0.3 is 12.1 Å². The van der Waals surface area contributed by atoms with Gasteiger partial charge in [-0.2, -0.15) is 13.2 Å².